The highest BCUT2D eigenvalue weighted by Gasteiger charge is 2.08. The molecule has 2 aromatic rings. The van der Waals surface area contributed by atoms with Crippen molar-refractivity contribution >= 4 is 0 Å². The monoisotopic (exact) mass is 219 g/mol. The Bertz CT molecular complexity index is 468. The van der Waals surface area contributed by atoms with Crippen molar-refractivity contribution in [3.8, 4) is 17.2 Å². The second-order valence-electron chi connectivity index (χ2n) is 3.28. The molecule has 0 radical (unpaired) electrons. The summed E-state index contributed by atoms with van der Waals surface area (Å²) in [4.78, 5) is 4.25. The first-order valence-electron chi connectivity index (χ1n) is 4.95. The Kier molecular flexibility index (Phi) is 3.16. The Balaban J connectivity index is 2.27. The number of hydrogen-bond donors (Lipinski definition) is 1. The van der Waals surface area contributed by atoms with Gasteiger partial charge < -0.3 is 14.6 Å². The van der Waals surface area contributed by atoms with Crippen molar-refractivity contribution in [3.63, 3.8) is 0 Å². The zero-order valence-corrected chi connectivity index (χ0v) is 9.23. The molecule has 0 fully saturated rings. The van der Waals surface area contributed by atoms with Gasteiger partial charge >= 0.3 is 0 Å². The molecule has 1 heterocycles. The molecule has 0 aliphatic heterocycles. The fourth-order valence-electron chi connectivity index (χ4n) is 1.36. The van der Waals surface area contributed by atoms with Crippen molar-refractivity contribution in [2.24, 2.45) is 0 Å². The number of nitrogens with zero attached hydrogens (tertiary/aromatic N) is 2. The molecule has 0 spiro atoms. The Morgan fingerprint density at radius 1 is 1.44 bits per heavy atom. The van der Waals surface area contributed by atoms with Crippen LogP contribution in [0, 0.1) is 0 Å². The van der Waals surface area contributed by atoms with Crippen molar-refractivity contribution in [2.75, 3.05) is 14.2 Å². The van der Waals surface area contributed by atoms with Crippen LogP contribution in [0.25, 0.3) is 11.5 Å². The summed E-state index contributed by atoms with van der Waals surface area (Å²) in [6.45, 7) is 0.591. The summed E-state index contributed by atoms with van der Waals surface area (Å²) >= 11 is 0. The maximum atomic E-state index is 5.15. The molecule has 0 atom stereocenters. The molecule has 84 valence electrons. The van der Waals surface area contributed by atoms with E-state index in [4.69, 9.17) is 9.26 Å². The van der Waals surface area contributed by atoms with Crippen molar-refractivity contribution in [2.45, 2.75) is 6.54 Å². The third-order valence-corrected chi connectivity index (χ3v) is 2.12. The fourth-order valence-corrected chi connectivity index (χ4v) is 1.36. The van der Waals surface area contributed by atoms with E-state index in [0.29, 0.717) is 18.3 Å². The van der Waals surface area contributed by atoms with Gasteiger partial charge in [0.2, 0.25) is 0 Å². The molecule has 0 unspecified atom stereocenters. The summed E-state index contributed by atoms with van der Waals surface area (Å²) in [6, 6.07) is 7.51. The number of benzene rings is 1. The maximum absolute atomic E-state index is 5.15. The summed E-state index contributed by atoms with van der Waals surface area (Å²) < 4.78 is 10.3. The van der Waals surface area contributed by atoms with Crippen LogP contribution >= 0.6 is 0 Å². The maximum Gasteiger partial charge on any atom is 0.258 e. The van der Waals surface area contributed by atoms with E-state index in [9.17, 15) is 0 Å². The van der Waals surface area contributed by atoms with E-state index in [0.717, 1.165) is 11.3 Å². The average molecular weight is 219 g/mol. The Morgan fingerprint density at radius 2 is 2.31 bits per heavy atom. The second kappa shape index (κ2) is 4.76. The highest BCUT2D eigenvalue weighted by molar-refractivity contribution is 5.55. The zero-order valence-electron chi connectivity index (χ0n) is 9.23. The number of rotatable bonds is 4. The summed E-state index contributed by atoms with van der Waals surface area (Å²) in [6.07, 6.45) is 0. The van der Waals surface area contributed by atoms with Crippen LogP contribution in [-0.4, -0.2) is 24.3 Å². The van der Waals surface area contributed by atoms with Crippen LogP contribution in [0.15, 0.2) is 28.8 Å². The highest BCUT2D eigenvalue weighted by Crippen LogP contribution is 2.21. The summed E-state index contributed by atoms with van der Waals surface area (Å²) in [5.41, 5.74) is 0.856. The van der Waals surface area contributed by atoms with E-state index in [1.54, 1.807) is 7.11 Å². The Morgan fingerprint density at radius 3 is 3.06 bits per heavy atom. The molecule has 2 rings (SSSR count). The third kappa shape index (κ3) is 2.20. The molecular weight excluding hydrogens is 206 g/mol. The van der Waals surface area contributed by atoms with Gasteiger partial charge in [0.05, 0.1) is 13.7 Å². The van der Waals surface area contributed by atoms with Gasteiger partial charge in [-0.15, -0.1) is 0 Å². The van der Waals surface area contributed by atoms with E-state index in [2.05, 4.69) is 15.5 Å². The van der Waals surface area contributed by atoms with Gasteiger partial charge in [-0.25, -0.2) is 0 Å². The fraction of sp³-hybridized carbons (Fsp3) is 0.273. The van der Waals surface area contributed by atoms with Crippen molar-refractivity contribution in [3.05, 3.63) is 30.1 Å². The summed E-state index contributed by atoms with van der Waals surface area (Å²) in [5, 5.41) is 6.81. The van der Waals surface area contributed by atoms with E-state index in [1.165, 1.54) is 0 Å². The smallest absolute Gasteiger partial charge is 0.258 e. The van der Waals surface area contributed by atoms with Crippen LogP contribution in [0.3, 0.4) is 0 Å². The highest BCUT2D eigenvalue weighted by atomic mass is 16.5. The molecule has 0 aliphatic carbocycles. The van der Waals surface area contributed by atoms with Gasteiger partial charge in [-0.1, -0.05) is 11.2 Å². The van der Waals surface area contributed by atoms with Crippen molar-refractivity contribution < 1.29 is 9.26 Å². The minimum atomic E-state index is 0.504. The van der Waals surface area contributed by atoms with Crippen molar-refractivity contribution in [1.82, 2.24) is 15.5 Å². The van der Waals surface area contributed by atoms with E-state index >= 15 is 0 Å². The third-order valence-electron chi connectivity index (χ3n) is 2.12. The van der Waals surface area contributed by atoms with Gasteiger partial charge in [0.1, 0.15) is 5.75 Å². The predicted octanol–water partition coefficient (Wildman–Crippen LogP) is 1.46. The lowest BCUT2D eigenvalue weighted by atomic mass is 10.2. The molecule has 5 nitrogen and oxygen atoms in total. The quantitative estimate of drug-likeness (QED) is 0.843. The van der Waals surface area contributed by atoms with Gasteiger partial charge in [0.15, 0.2) is 5.82 Å². The van der Waals surface area contributed by atoms with Crippen LogP contribution in [0.5, 0.6) is 5.75 Å². The van der Waals surface area contributed by atoms with Gasteiger partial charge in [0, 0.05) is 5.56 Å². The SMILES string of the molecule is CNCc1noc(-c2cccc(OC)c2)n1. The summed E-state index contributed by atoms with van der Waals surface area (Å²) in [7, 11) is 3.46. The van der Waals surface area contributed by atoms with Gasteiger partial charge in [-0.05, 0) is 25.2 Å². The molecular formula is C11H13N3O2. The predicted molar refractivity (Wildman–Crippen MR) is 59.0 cm³/mol. The van der Waals surface area contributed by atoms with Crippen LogP contribution in [0.2, 0.25) is 0 Å². The molecule has 0 saturated heterocycles. The Labute approximate surface area is 93.4 Å². The molecule has 5 heteroatoms. The average Bonchev–Trinajstić information content (AvgIpc) is 2.78. The number of hydrogen-bond acceptors (Lipinski definition) is 5. The molecule has 0 aliphatic rings. The van der Waals surface area contributed by atoms with Crippen molar-refractivity contribution in [1.29, 1.82) is 0 Å². The summed E-state index contributed by atoms with van der Waals surface area (Å²) in [5.74, 6) is 1.91. The van der Waals surface area contributed by atoms with Gasteiger partial charge in [0.25, 0.3) is 5.89 Å². The van der Waals surface area contributed by atoms with Crippen LogP contribution in [-0.2, 0) is 6.54 Å². The first-order chi connectivity index (χ1) is 7.83. The van der Waals surface area contributed by atoms with Gasteiger partial charge in [-0.2, -0.15) is 4.98 Å². The minimum absolute atomic E-state index is 0.504. The lowest BCUT2D eigenvalue weighted by Crippen LogP contribution is -2.06. The number of aromatic nitrogens is 2. The van der Waals surface area contributed by atoms with E-state index < -0.39 is 0 Å². The first kappa shape index (κ1) is 10.6. The molecule has 0 amide bonds. The van der Waals surface area contributed by atoms with Gasteiger partial charge in [-0.3, -0.25) is 0 Å². The molecule has 1 aromatic heterocycles. The van der Waals surface area contributed by atoms with E-state index in [-0.39, 0.29) is 0 Å². The Hall–Kier alpha value is -1.88. The molecule has 0 bridgehead atoms. The lowest BCUT2D eigenvalue weighted by Gasteiger charge is -1.99. The number of methoxy groups -OCH3 is 1. The van der Waals surface area contributed by atoms with Crippen LogP contribution < -0.4 is 10.1 Å². The molecule has 0 saturated carbocycles. The number of ether oxygens (including phenoxy) is 1. The number of nitrogens with one attached hydrogen (secondary N) is 1. The molecule has 1 aromatic carbocycles. The lowest BCUT2D eigenvalue weighted by molar-refractivity contribution is 0.411. The van der Waals surface area contributed by atoms with Crippen LogP contribution in [0.1, 0.15) is 5.82 Å². The van der Waals surface area contributed by atoms with Crippen LogP contribution in [0.4, 0.5) is 0 Å². The van der Waals surface area contributed by atoms with E-state index in [1.807, 2.05) is 31.3 Å². The standard InChI is InChI=1S/C11H13N3O2/c1-12-7-10-13-11(16-14-10)8-4-3-5-9(6-8)15-2/h3-6,12H,7H2,1-2H3. The zero-order chi connectivity index (χ0) is 11.4. The first-order valence-corrected chi connectivity index (χ1v) is 4.95. The molecule has 16 heavy (non-hydrogen) atoms. The minimum Gasteiger partial charge on any atom is -0.497 e. The normalized spacial score (nSPS) is 10.4. The molecule has 1 N–H and O–H groups in total. The second-order valence-corrected chi connectivity index (χ2v) is 3.28. The topological polar surface area (TPSA) is 60.2 Å². The largest absolute Gasteiger partial charge is 0.497 e.